The second kappa shape index (κ2) is 6.18. The predicted octanol–water partition coefficient (Wildman–Crippen LogP) is 1.95. The van der Waals surface area contributed by atoms with Gasteiger partial charge in [0.25, 0.3) is 0 Å². The first kappa shape index (κ1) is 15.6. The summed E-state index contributed by atoms with van der Waals surface area (Å²) in [5, 5.41) is 8.79. The van der Waals surface area contributed by atoms with Crippen LogP contribution in [-0.2, 0) is 4.79 Å². The zero-order valence-electron chi connectivity index (χ0n) is 14.4. The van der Waals surface area contributed by atoms with Crippen LogP contribution < -0.4 is 5.32 Å². The molecule has 6 heteroatoms. The second-order valence-electron chi connectivity index (χ2n) is 7.17. The Kier molecular flexibility index (Phi) is 4.02. The first-order chi connectivity index (χ1) is 11.6. The summed E-state index contributed by atoms with van der Waals surface area (Å²) in [6, 6.07) is 6.26. The molecule has 2 bridgehead atoms. The van der Waals surface area contributed by atoms with Gasteiger partial charge in [-0.2, -0.15) is 5.10 Å². The largest absolute Gasteiger partial charge is 0.325 e. The molecule has 0 aliphatic carbocycles. The van der Waals surface area contributed by atoms with E-state index in [0.29, 0.717) is 6.04 Å². The van der Waals surface area contributed by atoms with Gasteiger partial charge in [0, 0.05) is 49.5 Å². The number of benzene rings is 1. The number of fused-ring (bicyclic) bond motifs is 5. The number of aromatic nitrogens is 2. The Bertz CT molecular complexity index is 749. The average molecular weight is 327 g/mol. The first-order valence-corrected chi connectivity index (χ1v) is 8.86. The van der Waals surface area contributed by atoms with Gasteiger partial charge in [-0.25, -0.2) is 0 Å². The molecule has 0 radical (unpaired) electrons. The highest BCUT2D eigenvalue weighted by atomic mass is 16.2. The molecule has 128 valence electrons. The van der Waals surface area contributed by atoms with E-state index in [9.17, 15) is 4.79 Å². The second-order valence-corrected chi connectivity index (χ2v) is 7.17. The number of carbonyl (C=O) groups is 1. The van der Waals surface area contributed by atoms with Gasteiger partial charge in [0.15, 0.2) is 0 Å². The van der Waals surface area contributed by atoms with Crippen molar-refractivity contribution in [3.63, 3.8) is 0 Å². The Morgan fingerprint density at radius 1 is 1.25 bits per heavy atom. The minimum absolute atomic E-state index is 0.0369. The van der Waals surface area contributed by atoms with E-state index in [1.807, 2.05) is 22.9 Å². The number of rotatable bonds is 3. The minimum atomic E-state index is -0.0369. The third-order valence-corrected chi connectivity index (χ3v) is 5.12. The lowest BCUT2D eigenvalue weighted by molar-refractivity contribution is -0.122. The molecule has 24 heavy (non-hydrogen) atoms. The van der Waals surface area contributed by atoms with Crippen LogP contribution in [0.2, 0.25) is 0 Å². The summed E-state index contributed by atoms with van der Waals surface area (Å²) in [4.78, 5) is 17.5. The molecule has 0 spiro atoms. The fourth-order valence-electron chi connectivity index (χ4n) is 3.70. The van der Waals surface area contributed by atoms with E-state index in [1.54, 1.807) is 0 Å². The van der Waals surface area contributed by atoms with Gasteiger partial charge < -0.3 is 5.32 Å². The van der Waals surface area contributed by atoms with Crippen molar-refractivity contribution in [2.45, 2.75) is 32.4 Å². The lowest BCUT2D eigenvalue weighted by atomic mass is 10.1. The zero-order valence-corrected chi connectivity index (χ0v) is 14.4. The molecule has 5 rings (SSSR count). The molecule has 4 heterocycles. The van der Waals surface area contributed by atoms with Crippen LogP contribution in [0.25, 0.3) is 10.9 Å². The molecule has 3 aliphatic heterocycles. The van der Waals surface area contributed by atoms with Crippen LogP contribution in [0, 0.1) is 0 Å². The zero-order chi connectivity index (χ0) is 16.7. The van der Waals surface area contributed by atoms with Crippen molar-refractivity contribution in [3.8, 4) is 0 Å². The SMILES string of the molecule is CC(C)n1cc2ccc(NC(=O)C3CN4CCCN3CC4)cc2n1. The summed E-state index contributed by atoms with van der Waals surface area (Å²) in [6.07, 6.45) is 3.21. The number of hydrogen-bond acceptors (Lipinski definition) is 4. The highest BCUT2D eigenvalue weighted by Crippen LogP contribution is 2.21. The topological polar surface area (TPSA) is 53.4 Å². The number of anilines is 1. The van der Waals surface area contributed by atoms with Gasteiger partial charge in [-0.15, -0.1) is 0 Å². The molecule has 6 nitrogen and oxygen atoms in total. The van der Waals surface area contributed by atoms with E-state index in [2.05, 4.69) is 40.3 Å². The Morgan fingerprint density at radius 3 is 2.96 bits per heavy atom. The summed E-state index contributed by atoms with van der Waals surface area (Å²) in [7, 11) is 0. The first-order valence-electron chi connectivity index (χ1n) is 8.86. The number of carbonyl (C=O) groups excluding carboxylic acids is 1. The summed E-state index contributed by atoms with van der Waals surface area (Å²) in [5.74, 6) is 0.101. The Balaban J connectivity index is 1.52. The molecule has 1 amide bonds. The van der Waals surface area contributed by atoms with Gasteiger partial charge in [-0.05, 0) is 45.0 Å². The van der Waals surface area contributed by atoms with Gasteiger partial charge >= 0.3 is 0 Å². The van der Waals surface area contributed by atoms with E-state index in [-0.39, 0.29) is 11.9 Å². The molecule has 1 aromatic carbocycles. The van der Waals surface area contributed by atoms with Crippen LogP contribution in [-0.4, -0.2) is 64.3 Å². The highest BCUT2D eigenvalue weighted by Gasteiger charge is 2.34. The lowest BCUT2D eigenvalue weighted by Gasteiger charge is -2.36. The molecule has 3 saturated heterocycles. The van der Waals surface area contributed by atoms with E-state index in [0.717, 1.165) is 55.7 Å². The van der Waals surface area contributed by atoms with Crippen molar-refractivity contribution in [2.24, 2.45) is 0 Å². The smallest absolute Gasteiger partial charge is 0.243 e. The molecule has 3 atom stereocenters. The van der Waals surface area contributed by atoms with Crippen molar-refractivity contribution in [2.75, 3.05) is 38.0 Å². The molecular weight excluding hydrogens is 302 g/mol. The summed E-state index contributed by atoms with van der Waals surface area (Å²) >= 11 is 0. The molecule has 2 aromatic rings. The third kappa shape index (κ3) is 2.91. The maximum Gasteiger partial charge on any atom is 0.243 e. The van der Waals surface area contributed by atoms with E-state index >= 15 is 0 Å². The van der Waals surface area contributed by atoms with Gasteiger partial charge in [0.05, 0.1) is 5.52 Å². The number of nitrogens with zero attached hydrogens (tertiary/aromatic N) is 4. The van der Waals surface area contributed by atoms with Crippen molar-refractivity contribution in [3.05, 3.63) is 24.4 Å². The average Bonchev–Trinajstić information content (AvgIpc) is 2.73. The minimum Gasteiger partial charge on any atom is -0.325 e. The molecule has 1 N–H and O–H groups in total. The Labute approximate surface area is 142 Å². The highest BCUT2D eigenvalue weighted by molar-refractivity contribution is 5.97. The van der Waals surface area contributed by atoms with E-state index in [4.69, 9.17) is 0 Å². The maximum absolute atomic E-state index is 12.8. The van der Waals surface area contributed by atoms with Crippen molar-refractivity contribution >= 4 is 22.5 Å². The fourth-order valence-corrected chi connectivity index (χ4v) is 3.70. The summed E-state index contributed by atoms with van der Waals surface area (Å²) in [5.41, 5.74) is 1.76. The summed E-state index contributed by atoms with van der Waals surface area (Å²) in [6.45, 7) is 9.28. The van der Waals surface area contributed by atoms with Crippen molar-refractivity contribution in [1.82, 2.24) is 19.6 Å². The van der Waals surface area contributed by atoms with Gasteiger partial charge in [-0.3, -0.25) is 19.3 Å². The standard InChI is InChI=1S/C18H25N5O/c1-13(2)23-11-14-4-5-15(10-16(14)20-23)19-18(24)17-12-21-6-3-7-22(17)9-8-21/h4-5,10-11,13,17H,3,6-9,12H2,1-2H3,(H,19,24). The third-order valence-electron chi connectivity index (χ3n) is 5.12. The van der Waals surface area contributed by atoms with Crippen LogP contribution in [0.1, 0.15) is 26.3 Å². The number of amides is 1. The maximum atomic E-state index is 12.8. The van der Waals surface area contributed by atoms with Crippen LogP contribution in [0.3, 0.4) is 0 Å². The predicted molar refractivity (Wildman–Crippen MR) is 95.2 cm³/mol. The Hall–Kier alpha value is -1.92. The van der Waals surface area contributed by atoms with Crippen molar-refractivity contribution < 1.29 is 4.79 Å². The molecule has 1 aromatic heterocycles. The van der Waals surface area contributed by atoms with E-state index < -0.39 is 0 Å². The van der Waals surface area contributed by atoms with Gasteiger partial charge in [0.1, 0.15) is 6.04 Å². The van der Waals surface area contributed by atoms with Crippen LogP contribution in [0.5, 0.6) is 0 Å². The molecule has 3 aliphatic rings. The molecule has 3 fully saturated rings. The number of hydrogen-bond donors (Lipinski definition) is 1. The summed E-state index contributed by atoms with van der Waals surface area (Å²) < 4.78 is 1.96. The van der Waals surface area contributed by atoms with E-state index in [1.165, 1.54) is 0 Å². The monoisotopic (exact) mass is 327 g/mol. The molecule has 3 unspecified atom stereocenters. The molecule has 0 saturated carbocycles. The Morgan fingerprint density at radius 2 is 2.12 bits per heavy atom. The van der Waals surface area contributed by atoms with Crippen LogP contribution in [0.15, 0.2) is 24.4 Å². The normalized spacial score (nSPS) is 26.7. The van der Waals surface area contributed by atoms with Crippen LogP contribution in [0.4, 0.5) is 5.69 Å². The fraction of sp³-hybridized carbons (Fsp3) is 0.556. The quantitative estimate of drug-likeness (QED) is 0.936. The van der Waals surface area contributed by atoms with Gasteiger partial charge in [0.2, 0.25) is 5.91 Å². The molecular formula is C18H25N5O. The lowest BCUT2D eigenvalue weighted by Crippen LogP contribution is -2.55. The van der Waals surface area contributed by atoms with Crippen LogP contribution >= 0.6 is 0 Å². The van der Waals surface area contributed by atoms with Gasteiger partial charge in [-0.1, -0.05) is 0 Å². The number of piperazine rings is 1. The van der Waals surface area contributed by atoms with Crippen molar-refractivity contribution in [1.29, 1.82) is 0 Å². The number of nitrogens with one attached hydrogen (secondary N) is 1.